The van der Waals surface area contributed by atoms with E-state index in [1.807, 2.05) is 12.3 Å². The minimum atomic E-state index is -3.25. The topological polar surface area (TPSA) is 71.4 Å². The fourth-order valence-electron chi connectivity index (χ4n) is 2.31. The number of rotatable bonds is 5. The first-order valence-corrected chi connectivity index (χ1v) is 9.00. The number of carboxylic acids is 1. The maximum absolute atomic E-state index is 11.7. The first-order chi connectivity index (χ1) is 8.78. The van der Waals surface area contributed by atoms with E-state index in [2.05, 4.69) is 0 Å². The van der Waals surface area contributed by atoms with Crippen LogP contribution in [0.15, 0.2) is 28.0 Å². The normalized spacial score (nSPS) is 17.2. The summed E-state index contributed by atoms with van der Waals surface area (Å²) in [6, 6.07) is 5.18. The molecule has 0 saturated heterocycles. The van der Waals surface area contributed by atoms with Gasteiger partial charge in [-0.2, -0.15) is 0 Å². The summed E-state index contributed by atoms with van der Waals surface area (Å²) in [5.41, 5.74) is 0.651. The lowest BCUT2D eigenvalue weighted by molar-refractivity contribution is -0.137. The molecular weight excluding hydrogens is 284 g/mol. The third-order valence-electron chi connectivity index (χ3n) is 3.52. The van der Waals surface area contributed by atoms with Crippen molar-refractivity contribution >= 4 is 27.6 Å². The van der Waals surface area contributed by atoms with Gasteiger partial charge in [-0.1, -0.05) is 6.07 Å². The molecule has 0 bridgehead atoms. The molecule has 1 aliphatic carbocycles. The minimum absolute atomic E-state index is 0.110. The van der Waals surface area contributed by atoms with Crippen LogP contribution in [0.1, 0.15) is 24.8 Å². The van der Waals surface area contributed by atoms with Gasteiger partial charge in [0.1, 0.15) is 0 Å². The molecule has 1 aromatic carbocycles. The van der Waals surface area contributed by atoms with E-state index in [0.717, 1.165) is 18.4 Å². The Kier molecular flexibility index (Phi) is 3.66. The van der Waals surface area contributed by atoms with E-state index in [4.69, 9.17) is 5.11 Å². The van der Waals surface area contributed by atoms with Crippen molar-refractivity contribution in [3.8, 4) is 0 Å². The molecule has 19 heavy (non-hydrogen) atoms. The van der Waals surface area contributed by atoms with Gasteiger partial charge in [0, 0.05) is 16.6 Å². The Bertz CT molecular complexity index is 616. The Morgan fingerprint density at radius 2 is 2.05 bits per heavy atom. The second-order valence-electron chi connectivity index (χ2n) is 4.99. The highest BCUT2D eigenvalue weighted by molar-refractivity contribution is 7.99. The molecule has 0 atom stereocenters. The van der Waals surface area contributed by atoms with E-state index in [1.165, 1.54) is 18.0 Å². The summed E-state index contributed by atoms with van der Waals surface area (Å²) in [5.74, 6) is -0.810. The number of hydrogen-bond donors (Lipinski definition) is 1. The lowest BCUT2D eigenvalue weighted by atomic mass is 9.92. The van der Waals surface area contributed by atoms with Crippen molar-refractivity contribution in [1.82, 2.24) is 0 Å². The molecular formula is C13H16O4S2. The van der Waals surface area contributed by atoms with Gasteiger partial charge in [-0.15, -0.1) is 11.8 Å². The third-order valence-corrected chi connectivity index (χ3v) is 5.58. The summed E-state index contributed by atoms with van der Waals surface area (Å²) in [6.45, 7) is 0. The SMILES string of the molecule is CSc1cc(C2(CC(=O)O)CC2)ccc1S(C)(=O)=O. The number of carbonyl (C=O) groups is 1. The lowest BCUT2D eigenvalue weighted by Gasteiger charge is -2.15. The van der Waals surface area contributed by atoms with Crippen LogP contribution >= 0.6 is 11.8 Å². The average Bonchev–Trinajstić information content (AvgIpc) is 3.07. The molecule has 1 saturated carbocycles. The van der Waals surface area contributed by atoms with E-state index in [0.29, 0.717) is 9.79 Å². The molecule has 2 rings (SSSR count). The molecule has 0 radical (unpaired) electrons. The Labute approximate surface area is 117 Å². The van der Waals surface area contributed by atoms with Gasteiger partial charge in [-0.05, 0) is 36.8 Å². The molecule has 6 heteroatoms. The van der Waals surface area contributed by atoms with Crippen LogP contribution in [0, 0.1) is 0 Å². The van der Waals surface area contributed by atoms with Crippen molar-refractivity contribution < 1.29 is 18.3 Å². The van der Waals surface area contributed by atoms with Crippen LogP contribution in [0.3, 0.4) is 0 Å². The zero-order valence-electron chi connectivity index (χ0n) is 10.8. The number of sulfone groups is 1. The quantitative estimate of drug-likeness (QED) is 0.845. The highest BCUT2D eigenvalue weighted by Crippen LogP contribution is 2.51. The van der Waals surface area contributed by atoms with Crippen molar-refractivity contribution in [2.75, 3.05) is 12.5 Å². The molecule has 1 fully saturated rings. The molecule has 0 aliphatic heterocycles. The molecule has 0 spiro atoms. The van der Waals surface area contributed by atoms with Crippen LogP contribution in [0.5, 0.6) is 0 Å². The summed E-state index contributed by atoms with van der Waals surface area (Å²) in [6.07, 6.45) is 4.83. The highest BCUT2D eigenvalue weighted by atomic mass is 32.2. The Balaban J connectivity index is 2.43. The Hall–Kier alpha value is -1.01. The highest BCUT2D eigenvalue weighted by Gasteiger charge is 2.46. The zero-order chi connectivity index (χ0) is 14.3. The van der Waals surface area contributed by atoms with Crippen molar-refractivity contribution in [3.05, 3.63) is 23.8 Å². The molecule has 104 valence electrons. The van der Waals surface area contributed by atoms with Gasteiger partial charge < -0.3 is 5.11 Å². The second-order valence-corrected chi connectivity index (χ2v) is 7.82. The summed E-state index contributed by atoms with van der Waals surface area (Å²) < 4.78 is 23.3. The van der Waals surface area contributed by atoms with Crippen LogP contribution in [0.2, 0.25) is 0 Å². The first-order valence-electron chi connectivity index (χ1n) is 5.89. The monoisotopic (exact) mass is 300 g/mol. The largest absolute Gasteiger partial charge is 0.481 e. The molecule has 1 N–H and O–H groups in total. The average molecular weight is 300 g/mol. The molecule has 0 unspecified atom stereocenters. The number of aliphatic carboxylic acids is 1. The van der Waals surface area contributed by atoms with Gasteiger partial charge in [0.25, 0.3) is 0 Å². The van der Waals surface area contributed by atoms with Crippen molar-refractivity contribution in [2.24, 2.45) is 0 Å². The molecule has 1 aromatic rings. The van der Waals surface area contributed by atoms with Crippen LogP contribution < -0.4 is 0 Å². The van der Waals surface area contributed by atoms with Gasteiger partial charge >= 0.3 is 5.97 Å². The smallest absolute Gasteiger partial charge is 0.304 e. The van der Waals surface area contributed by atoms with E-state index in [1.54, 1.807) is 12.1 Å². The standard InChI is InChI=1S/C13H16O4S2/c1-18-10-7-9(3-4-11(10)19(2,16)17)13(5-6-13)8-12(14)15/h3-4,7H,5-6,8H2,1-2H3,(H,14,15). The summed E-state index contributed by atoms with van der Waals surface area (Å²) in [5, 5.41) is 8.96. The summed E-state index contributed by atoms with van der Waals surface area (Å²) >= 11 is 1.37. The van der Waals surface area contributed by atoms with Crippen LogP contribution in [0.4, 0.5) is 0 Å². The third kappa shape index (κ3) is 2.95. The zero-order valence-corrected chi connectivity index (χ0v) is 12.5. The fraction of sp³-hybridized carbons (Fsp3) is 0.462. The number of hydrogen-bond acceptors (Lipinski definition) is 4. The Morgan fingerprint density at radius 3 is 2.47 bits per heavy atom. The van der Waals surface area contributed by atoms with Crippen LogP contribution in [0.25, 0.3) is 0 Å². The molecule has 1 aliphatic rings. The fourth-order valence-corrected chi connectivity index (χ4v) is 4.27. The van der Waals surface area contributed by atoms with E-state index >= 15 is 0 Å². The summed E-state index contributed by atoms with van der Waals surface area (Å²) in [4.78, 5) is 11.9. The lowest BCUT2D eigenvalue weighted by Crippen LogP contribution is -2.13. The van der Waals surface area contributed by atoms with Crippen molar-refractivity contribution in [2.45, 2.75) is 34.5 Å². The molecule has 0 amide bonds. The van der Waals surface area contributed by atoms with E-state index < -0.39 is 15.8 Å². The van der Waals surface area contributed by atoms with Crippen molar-refractivity contribution in [3.63, 3.8) is 0 Å². The Morgan fingerprint density at radius 1 is 1.42 bits per heavy atom. The maximum Gasteiger partial charge on any atom is 0.304 e. The van der Waals surface area contributed by atoms with Crippen molar-refractivity contribution in [1.29, 1.82) is 0 Å². The molecule has 0 aromatic heterocycles. The second kappa shape index (κ2) is 4.83. The first kappa shape index (κ1) is 14.4. The van der Waals surface area contributed by atoms with Crippen LogP contribution in [-0.2, 0) is 20.0 Å². The van der Waals surface area contributed by atoms with Gasteiger partial charge in [-0.25, -0.2) is 8.42 Å². The van der Waals surface area contributed by atoms with Gasteiger partial charge in [0.2, 0.25) is 0 Å². The van der Waals surface area contributed by atoms with E-state index in [-0.39, 0.29) is 11.8 Å². The van der Waals surface area contributed by atoms with Gasteiger partial charge in [-0.3, -0.25) is 4.79 Å². The molecule has 0 heterocycles. The predicted octanol–water partition coefficient (Wildman–Crippen LogP) is 2.32. The number of carboxylic acid groups (broad SMARTS) is 1. The molecule has 4 nitrogen and oxygen atoms in total. The predicted molar refractivity (Wildman–Crippen MR) is 74.5 cm³/mol. The minimum Gasteiger partial charge on any atom is -0.481 e. The maximum atomic E-state index is 11.7. The van der Waals surface area contributed by atoms with Crippen LogP contribution in [-0.4, -0.2) is 32.0 Å². The van der Waals surface area contributed by atoms with Gasteiger partial charge in [0.15, 0.2) is 9.84 Å². The summed E-state index contributed by atoms with van der Waals surface area (Å²) in [7, 11) is -3.25. The van der Waals surface area contributed by atoms with Gasteiger partial charge in [0.05, 0.1) is 11.3 Å². The number of benzene rings is 1. The van der Waals surface area contributed by atoms with E-state index in [9.17, 15) is 13.2 Å². The number of thioether (sulfide) groups is 1.